The topological polar surface area (TPSA) is 69.7 Å². The first-order valence-electron chi connectivity index (χ1n) is 11.9. The van der Waals surface area contributed by atoms with E-state index in [2.05, 4.69) is 17.4 Å². The lowest BCUT2D eigenvalue weighted by Gasteiger charge is -2.36. The normalized spacial score (nSPS) is 14.5. The zero-order chi connectivity index (χ0) is 24.3. The molecule has 1 fully saturated rings. The van der Waals surface area contributed by atoms with Crippen molar-refractivity contribution in [2.45, 2.75) is 38.6 Å². The fourth-order valence-electron chi connectivity index (χ4n) is 4.16. The second kappa shape index (κ2) is 13.2. The van der Waals surface area contributed by atoms with E-state index in [1.54, 1.807) is 22.7 Å². The van der Waals surface area contributed by atoms with Crippen LogP contribution >= 0.6 is 11.8 Å². The molecule has 3 rings (SSSR count). The Kier molecular flexibility index (Phi) is 10.0. The van der Waals surface area contributed by atoms with Crippen molar-refractivity contribution < 1.29 is 14.4 Å². The van der Waals surface area contributed by atoms with Crippen LogP contribution in [-0.2, 0) is 16.0 Å². The van der Waals surface area contributed by atoms with Gasteiger partial charge in [-0.15, -0.1) is 0 Å². The first-order chi connectivity index (χ1) is 16.5. The number of carbonyl (C=O) groups is 3. The van der Waals surface area contributed by atoms with Crippen LogP contribution in [0.25, 0.3) is 0 Å². The third kappa shape index (κ3) is 7.62. The number of rotatable bonds is 10. The molecular formula is C27H35N3O3S. The Morgan fingerprint density at radius 3 is 2.35 bits per heavy atom. The lowest BCUT2D eigenvalue weighted by Crippen LogP contribution is -2.56. The van der Waals surface area contributed by atoms with Crippen molar-refractivity contribution in [3.8, 4) is 0 Å². The van der Waals surface area contributed by atoms with Crippen molar-refractivity contribution in [1.82, 2.24) is 15.1 Å². The maximum Gasteiger partial charge on any atom is 0.251 e. The van der Waals surface area contributed by atoms with Crippen molar-refractivity contribution in [1.29, 1.82) is 0 Å². The summed E-state index contributed by atoms with van der Waals surface area (Å²) in [6.45, 7) is 4.02. The maximum absolute atomic E-state index is 13.2. The summed E-state index contributed by atoms with van der Waals surface area (Å²) in [4.78, 5) is 42.3. The van der Waals surface area contributed by atoms with Crippen molar-refractivity contribution in [3.63, 3.8) is 0 Å². The van der Waals surface area contributed by atoms with E-state index in [0.717, 1.165) is 24.2 Å². The standard InChI is InChI=1S/C27H35N3O3S/c1-21-8-6-12-23(20-21)26(32)28-24(14-19-34-2)27(33)30-17-15-29(16-18-30)25(31)13-7-11-22-9-4-3-5-10-22/h3-6,8-10,12,20,24H,7,11,13-19H2,1-2H3,(H,28,32). The van der Waals surface area contributed by atoms with E-state index in [9.17, 15) is 14.4 Å². The second-order valence-electron chi connectivity index (χ2n) is 8.72. The summed E-state index contributed by atoms with van der Waals surface area (Å²) in [6, 6.07) is 17.0. The fourth-order valence-corrected chi connectivity index (χ4v) is 4.64. The molecule has 1 saturated heterocycles. The SMILES string of the molecule is CSCCC(NC(=O)c1cccc(C)c1)C(=O)N1CCN(C(=O)CCCc2ccccc2)CC1. The molecule has 182 valence electrons. The molecular weight excluding hydrogens is 446 g/mol. The highest BCUT2D eigenvalue weighted by Gasteiger charge is 2.29. The third-order valence-electron chi connectivity index (χ3n) is 6.14. The summed E-state index contributed by atoms with van der Waals surface area (Å²) >= 11 is 1.65. The van der Waals surface area contributed by atoms with E-state index in [1.165, 1.54) is 5.56 Å². The van der Waals surface area contributed by atoms with E-state index in [4.69, 9.17) is 0 Å². The minimum atomic E-state index is -0.561. The largest absolute Gasteiger partial charge is 0.340 e. The highest BCUT2D eigenvalue weighted by molar-refractivity contribution is 7.98. The molecule has 2 aromatic carbocycles. The zero-order valence-corrected chi connectivity index (χ0v) is 21.0. The molecule has 1 aliphatic heterocycles. The van der Waals surface area contributed by atoms with Gasteiger partial charge in [-0.2, -0.15) is 11.8 Å². The van der Waals surface area contributed by atoms with Crippen LogP contribution in [0.5, 0.6) is 0 Å². The smallest absolute Gasteiger partial charge is 0.251 e. The number of nitrogens with zero attached hydrogens (tertiary/aromatic N) is 2. The lowest BCUT2D eigenvalue weighted by molar-refractivity contribution is -0.140. The molecule has 2 aromatic rings. The van der Waals surface area contributed by atoms with E-state index >= 15 is 0 Å². The summed E-state index contributed by atoms with van der Waals surface area (Å²) in [5.41, 5.74) is 2.81. The molecule has 3 amide bonds. The molecule has 1 heterocycles. The summed E-state index contributed by atoms with van der Waals surface area (Å²) in [5.74, 6) is 0.640. The monoisotopic (exact) mass is 481 g/mol. The predicted octanol–water partition coefficient (Wildman–Crippen LogP) is 3.54. The van der Waals surface area contributed by atoms with E-state index in [-0.39, 0.29) is 17.7 Å². The van der Waals surface area contributed by atoms with Crippen LogP contribution in [-0.4, -0.2) is 71.8 Å². The Hall–Kier alpha value is -2.80. The summed E-state index contributed by atoms with van der Waals surface area (Å²) in [6.07, 6.45) is 4.81. The zero-order valence-electron chi connectivity index (χ0n) is 20.2. The van der Waals surface area contributed by atoms with Crippen molar-refractivity contribution in [3.05, 3.63) is 71.3 Å². The Morgan fingerprint density at radius 1 is 0.971 bits per heavy atom. The van der Waals surface area contributed by atoms with E-state index in [0.29, 0.717) is 44.6 Å². The van der Waals surface area contributed by atoms with E-state index < -0.39 is 6.04 Å². The number of hydrogen-bond donors (Lipinski definition) is 1. The summed E-state index contributed by atoms with van der Waals surface area (Å²) < 4.78 is 0. The van der Waals surface area contributed by atoms with Gasteiger partial charge in [0.05, 0.1) is 0 Å². The van der Waals surface area contributed by atoms with Gasteiger partial charge in [0.15, 0.2) is 0 Å². The molecule has 0 aromatic heterocycles. The van der Waals surface area contributed by atoms with Crippen molar-refractivity contribution in [2.24, 2.45) is 0 Å². The fraction of sp³-hybridized carbons (Fsp3) is 0.444. The van der Waals surface area contributed by atoms with Crippen LogP contribution in [0.15, 0.2) is 54.6 Å². The number of nitrogens with one attached hydrogen (secondary N) is 1. The first kappa shape index (κ1) is 25.8. The van der Waals surface area contributed by atoms with Crippen LogP contribution in [0.3, 0.4) is 0 Å². The minimum absolute atomic E-state index is 0.0637. The van der Waals surface area contributed by atoms with Gasteiger partial charge in [0.1, 0.15) is 6.04 Å². The highest BCUT2D eigenvalue weighted by Crippen LogP contribution is 2.12. The van der Waals surface area contributed by atoms with E-state index in [1.807, 2.05) is 54.5 Å². The van der Waals surface area contributed by atoms with Crippen LogP contribution in [0.4, 0.5) is 0 Å². The number of amides is 3. The molecule has 0 aliphatic carbocycles. The van der Waals surface area contributed by atoms with Crippen molar-refractivity contribution in [2.75, 3.05) is 38.2 Å². The van der Waals surface area contributed by atoms with Gasteiger partial charge < -0.3 is 15.1 Å². The van der Waals surface area contributed by atoms with Crippen LogP contribution in [0.1, 0.15) is 40.7 Å². The second-order valence-corrected chi connectivity index (χ2v) is 9.71. The molecule has 1 aliphatic rings. The number of carbonyl (C=O) groups excluding carboxylic acids is 3. The van der Waals surface area contributed by atoms with Gasteiger partial charge in [0.2, 0.25) is 11.8 Å². The molecule has 34 heavy (non-hydrogen) atoms. The van der Waals surface area contributed by atoms with Gasteiger partial charge in [-0.05, 0) is 55.9 Å². The summed E-state index contributed by atoms with van der Waals surface area (Å²) in [7, 11) is 0. The average Bonchev–Trinajstić information content (AvgIpc) is 2.86. The Balaban J connectivity index is 1.49. The summed E-state index contributed by atoms with van der Waals surface area (Å²) in [5, 5.41) is 2.95. The molecule has 0 bridgehead atoms. The van der Waals surface area contributed by atoms with Gasteiger partial charge in [-0.1, -0.05) is 48.0 Å². The van der Waals surface area contributed by atoms with Crippen LogP contribution in [0.2, 0.25) is 0 Å². The lowest BCUT2D eigenvalue weighted by atomic mass is 10.1. The number of thioether (sulfide) groups is 1. The number of piperazine rings is 1. The Bertz CT molecular complexity index is 959. The van der Waals surface area contributed by atoms with Crippen LogP contribution in [0, 0.1) is 6.92 Å². The van der Waals surface area contributed by atoms with Crippen molar-refractivity contribution >= 4 is 29.5 Å². The quantitative estimate of drug-likeness (QED) is 0.564. The van der Waals surface area contributed by atoms with Gasteiger partial charge in [0, 0.05) is 38.2 Å². The predicted molar refractivity (Wildman–Crippen MR) is 138 cm³/mol. The van der Waals surface area contributed by atoms with Gasteiger partial charge in [-0.3, -0.25) is 14.4 Å². The third-order valence-corrected chi connectivity index (χ3v) is 6.78. The number of aryl methyl sites for hydroxylation is 2. The molecule has 0 radical (unpaired) electrons. The first-order valence-corrected chi connectivity index (χ1v) is 13.3. The van der Waals surface area contributed by atoms with Gasteiger partial charge in [-0.25, -0.2) is 0 Å². The van der Waals surface area contributed by atoms with Crippen LogP contribution < -0.4 is 5.32 Å². The average molecular weight is 482 g/mol. The molecule has 1 unspecified atom stereocenters. The molecule has 0 spiro atoms. The minimum Gasteiger partial charge on any atom is -0.340 e. The molecule has 0 saturated carbocycles. The Morgan fingerprint density at radius 2 is 1.68 bits per heavy atom. The number of hydrogen-bond acceptors (Lipinski definition) is 4. The van der Waals surface area contributed by atoms with Gasteiger partial charge in [0.25, 0.3) is 5.91 Å². The maximum atomic E-state index is 13.2. The number of benzene rings is 2. The molecule has 1 atom stereocenters. The molecule has 7 heteroatoms. The Labute approximate surface area is 207 Å². The highest BCUT2D eigenvalue weighted by atomic mass is 32.2. The molecule has 1 N–H and O–H groups in total. The molecule has 6 nitrogen and oxygen atoms in total. The van der Waals surface area contributed by atoms with Gasteiger partial charge >= 0.3 is 0 Å².